The molecule has 1 saturated heterocycles. The maximum absolute atomic E-state index is 9.83. The smallest absolute Gasteiger partial charge is 0.0591 e. The van der Waals surface area contributed by atoms with Gasteiger partial charge in [-0.05, 0) is 90.7 Å². The lowest BCUT2D eigenvalue weighted by Gasteiger charge is -2.41. The van der Waals surface area contributed by atoms with Crippen LogP contribution in [0.1, 0.15) is 119 Å². The van der Waals surface area contributed by atoms with Gasteiger partial charge in [-0.25, -0.2) is 0 Å². The highest BCUT2D eigenvalue weighted by Gasteiger charge is 2.38. The summed E-state index contributed by atoms with van der Waals surface area (Å²) in [6.07, 6.45) is 19.3. The lowest BCUT2D eigenvalue weighted by molar-refractivity contribution is 0.0682. The maximum atomic E-state index is 9.83. The van der Waals surface area contributed by atoms with Gasteiger partial charge < -0.3 is 15.1 Å². The van der Waals surface area contributed by atoms with Gasteiger partial charge in [0.15, 0.2) is 0 Å². The van der Waals surface area contributed by atoms with Crippen LogP contribution in [0.25, 0.3) is 0 Å². The Morgan fingerprint density at radius 1 is 1.19 bits per heavy atom. The molecule has 2 heterocycles. The highest BCUT2D eigenvalue weighted by molar-refractivity contribution is 5.34. The van der Waals surface area contributed by atoms with Gasteiger partial charge in [-0.3, -0.25) is 0 Å². The number of nitrogens with zero attached hydrogens (tertiary/aromatic N) is 1. The summed E-state index contributed by atoms with van der Waals surface area (Å²) in [5.74, 6) is 0. The zero-order valence-electron chi connectivity index (χ0n) is 21.6. The molecule has 0 unspecified atom stereocenters. The topological polar surface area (TPSA) is 43.7 Å². The van der Waals surface area contributed by atoms with Crippen LogP contribution in [0.2, 0.25) is 0 Å². The van der Waals surface area contributed by atoms with E-state index < -0.39 is 5.60 Å². The van der Waals surface area contributed by atoms with Crippen molar-refractivity contribution in [3.8, 4) is 0 Å². The summed E-state index contributed by atoms with van der Waals surface area (Å²) in [6.45, 7) is 15.7. The second kappa shape index (κ2) is 13.5. The Bertz CT molecular complexity index is 611. The minimum absolute atomic E-state index is 0.143. The van der Waals surface area contributed by atoms with Gasteiger partial charge in [-0.2, -0.15) is 0 Å². The fraction of sp³-hybridized carbons (Fsp3) is 0.786. The number of aliphatic hydroxyl groups excluding tert-OH is 1. The molecule has 3 aliphatic rings. The summed E-state index contributed by atoms with van der Waals surface area (Å²) in [5.41, 5.74) is 4.14. The first-order valence-corrected chi connectivity index (χ1v) is 12.9. The minimum atomic E-state index is -0.449. The molecule has 3 heteroatoms. The van der Waals surface area contributed by atoms with E-state index in [4.69, 9.17) is 0 Å². The van der Waals surface area contributed by atoms with Crippen LogP contribution in [0.4, 0.5) is 0 Å². The van der Waals surface area contributed by atoms with Crippen molar-refractivity contribution in [2.45, 2.75) is 136 Å². The Hall–Kier alpha value is -1.06. The molecule has 2 N–H and O–H groups in total. The average molecular weight is 434 g/mol. The molecule has 180 valence electrons. The van der Waals surface area contributed by atoms with Crippen molar-refractivity contribution in [1.29, 1.82) is 0 Å². The number of unbranched alkanes of at least 4 members (excludes halogenated alkanes) is 2. The van der Waals surface area contributed by atoms with Gasteiger partial charge in [0.05, 0.1) is 11.7 Å². The molecule has 0 bridgehead atoms. The molecule has 3 rings (SSSR count). The quantitative estimate of drug-likeness (QED) is 0.432. The fourth-order valence-electron chi connectivity index (χ4n) is 4.80. The van der Waals surface area contributed by atoms with Crippen LogP contribution in [0, 0.1) is 0 Å². The Morgan fingerprint density at radius 3 is 2.55 bits per heavy atom. The van der Waals surface area contributed by atoms with Crippen LogP contribution in [-0.2, 0) is 0 Å². The highest BCUT2D eigenvalue weighted by atomic mass is 16.3. The van der Waals surface area contributed by atoms with Crippen molar-refractivity contribution in [2.75, 3.05) is 6.54 Å². The Labute approximate surface area is 193 Å². The molecule has 1 fully saturated rings. The molecule has 31 heavy (non-hydrogen) atoms. The van der Waals surface area contributed by atoms with E-state index in [-0.39, 0.29) is 6.10 Å². The molecule has 0 aromatic carbocycles. The van der Waals surface area contributed by atoms with Gasteiger partial charge >= 0.3 is 0 Å². The lowest BCUT2D eigenvalue weighted by atomic mass is 9.88. The molecular formula is C28H51NO2. The highest BCUT2D eigenvalue weighted by Crippen LogP contribution is 2.40. The number of hydrogen-bond acceptors (Lipinski definition) is 3. The van der Waals surface area contributed by atoms with Crippen molar-refractivity contribution in [1.82, 2.24) is 4.90 Å². The summed E-state index contributed by atoms with van der Waals surface area (Å²) in [6, 6.07) is 0. The van der Waals surface area contributed by atoms with Crippen molar-refractivity contribution < 1.29 is 10.2 Å². The Balaban J connectivity index is 0.000000372. The number of hydrogen-bond donors (Lipinski definition) is 2. The molecule has 0 aromatic heterocycles. The molecule has 3 nitrogen and oxygen atoms in total. The number of rotatable bonds is 6. The van der Waals surface area contributed by atoms with E-state index in [1.165, 1.54) is 61.9 Å². The van der Waals surface area contributed by atoms with Crippen LogP contribution in [0.15, 0.2) is 35.1 Å². The van der Waals surface area contributed by atoms with E-state index in [9.17, 15) is 10.2 Å². The molecule has 0 saturated carbocycles. The Kier molecular flexibility index (Phi) is 12.2. The molecule has 1 aliphatic carbocycles. The molecule has 0 spiro atoms. The fourth-order valence-corrected chi connectivity index (χ4v) is 4.80. The zero-order chi connectivity index (χ0) is 23.5. The summed E-state index contributed by atoms with van der Waals surface area (Å²) >= 11 is 0. The van der Waals surface area contributed by atoms with Gasteiger partial charge in [0, 0.05) is 17.8 Å². The first kappa shape index (κ1) is 28.0. The predicted octanol–water partition coefficient (Wildman–Crippen LogP) is 7.30. The monoisotopic (exact) mass is 433 g/mol. The third-order valence-electron chi connectivity index (χ3n) is 6.80. The molecule has 0 amide bonds. The van der Waals surface area contributed by atoms with Crippen LogP contribution >= 0.6 is 0 Å². The molecular weight excluding hydrogens is 382 g/mol. The maximum Gasteiger partial charge on any atom is 0.0591 e. The third kappa shape index (κ3) is 9.53. The van der Waals surface area contributed by atoms with Crippen molar-refractivity contribution in [3.63, 3.8) is 0 Å². The predicted molar refractivity (Wildman–Crippen MR) is 135 cm³/mol. The second-order valence-corrected chi connectivity index (χ2v) is 10.2. The molecule has 0 aromatic rings. The van der Waals surface area contributed by atoms with Crippen LogP contribution in [0.3, 0.4) is 0 Å². The van der Waals surface area contributed by atoms with Gasteiger partial charge in [0.1, 0.15) is 0 Å². The van der Waals surface area contributed by atoms with Crippen LogP contribution in [0.5, 0.6) is 0 Å². The van der Waals surface area contributed by atoms with Gasteiger partial charge in [-0.15, -0.1) is 0 Å². The van der Waals surface area contributed by atoms with Crippen molar-refractivity contribution in [2.24, 2.45) is 0 Å². The van der Waals surface area contributed by atoms with E-state index in [0.29, 0.717) is 5.54 Å². The SMILES string of the molecule is CC.CC1=C(/C=C\C2=CCC[C@]3(C)CCCN23)C[C@@H](O)CC1.CCCCCC(C)(C)O. The van der Waals surface area contributed by atoms with E-state index in [2.05, 4.69) is 43.9 Å². The molecule has 0 radical (unpaired) electrons. The lowest BCUT2D eigenvalue weighted by Crippen LogP contribution is -2.41. The molecule has 2 atom stereocenters. The summed E-state index contributed by atoms with van der Waals surface area (Å²) in [7, 11) is 0. The number of fused-ring (bicyclic) bond motifs is 1. The van der Waals surface area contributed by atoms with Gasteiger partial charge in [-0.1, -0.05) is 57.8 Å². The average Bonchev–Trinajstić information content (AvgIpc) is 3.12. The standard InChI is InChI=1S/C18H27NO.C8H18O.C2H6/c1-14-6-9-17(20)13-15(14)7-8-16-5-3-10-18(2)11-4-12-19(16)18;1-4-5-6-7-8(2,3)9;1-2/h5,7-8,17,20H,3-4,6,9-13H2,1-2H3;9H,4-7H2,1-3H3;1-2H3/b8-7-;;/t17-,18+;;/m0../s1. The Morgan fingerprint density at radius 2 is 1.90 bits per heavy atom. The van der Waals surface area contributed by atoms with Crippen LogP contribution in [-0.4, -0.2) is 38.9 Å². The van der Waals surface area contributed by atoms with Crippen molar-refractivity contribution in [3.05, 3.63) is 35.1 Å². The van der Waals surface area contributed by atoms with E-state index in [1.54, 1.807) is 0 Å². The van der Waals surface area contributed by atoms with Gasteiger partial charge in [0.2, 0.25) is 0 Å². The summed E-state index contributed by atoms with van der Waals surface area (Å²) in [4.78, 5) is 2.60. The van der Waals surface area contributed by atoms with E-state index in [0.717, 1.165) is 32.1 Å². The first-order chi connectivity index (χ1) is 14.6. The first-order valence-electron chi connectivity index (χ1n) is 12.9. The zero-order valence-corrected chi connectivity index (χ0v) is 21.6. The minimum Gasteiger partial charge on any atom is -0.393 e. The van der Waals surface area contributed by atoms with Gasteiger partial charge in [0.25, 0.3) is 0 Å². The number of allylic oxidation sites excluding steroid dienone is 4. The third-order valence-corrected chi connectivity index (χ3v) is 6.80. The van der Waals surface area contributed by atoms with E-state index >= 15 is 0 Å². The second-order valence-electron chi connectivity index (χ2n) is 10.2. The summed E-state index contributed by atoms with van der Waals surface area (Å²) in [5, 5.41) is 19.1. The largest absolute Gasteiger partial charge is 0.393 e. The van der Waals surface area contributed by atoms with Crippen LogP contribution < -0.4 is 0 Å². The normalized spacial score (nSPS) is 26.0. The number of aliphatic hydroxyl groups is 2. The van der Waals surface area contributed by atoms with E-state index in [1.807, 2.05) is 27.7 Å². The summed E-state index contributed by atoms with van der Waals surface area (Å²) < 4.78 is 0. The van der Waals surface area contributed by atoms with Crippen molar-refractivity contribution >= 4 is 0 Å². The molecule has 2 aliphatic heterocycles.